The normalized spacial score (nSPS) is 10.8. The maximum absolute atomic E-state index is 11.4. The summed E-state index contributed by atoms with van der Waals surface area (Å²) in [4.78, 5) is 27.9. The van der Waals surface area contributed by atoms with Crippen molar-refractivity contribution in [2.45, 2.75) is 13.3 Å². The lowest BCUT2D eigenvalue weighted by atomic mass is 10.1. The summed E-state index contributed by atoms with van der Waals surface area (Å²) >= 11 is 0. The molecule has 1 amide bonds. The summed E-state index contributed by atoms with van der Waals surface area (Å²) in [5, 5.41) is 5.81. The van der Waals surface area contributed by atoms with Crippen LogP contribution in [0, 0.1) is 0 Å². The van der Waals surface area contributed by atoms with E-state index in [0.29, 0.717) is 13.1 Å². The number of aromatic nitrogens is 2. The highest BCUT2D eigenvalue weighted by Gasteiger charge is 2.02. The minimum Gasteiger partial charge on any atom is -0.355 e. The maximum atomic E-state index is 11.4. The van der Waals surface area contributed by atoms with E-state index >= 15 is 0 Å². The molecule has 1 aromatic heterocycles. The Labute approximate surface area is 110 Å². The number of hydrogen-bond donors (Lipinski definition) is 4. The lowest BCUT2D eigenvalue weighted by molar-refractivity contribution is -0.120. The Morgan fingerprint density at radius 3 is 2.84 bits per heavy atom. The Morgan fingerprint density at radius 1 is 1.26 bits per heavy atom. The number of rotatable bonds is 6. The lowest BCUT2D eigenvalue weighted by Gasteiger charge is -2.05. The van der Waals surface area contributed by atoms with Gasteiger partial charge in [-0.2, -0.15) is 0 Å². The summed E-state index contributed by atoms with van der Waals surface area (Å²) in [7, 11) is 0. The molecule has 1 heterocycles. The van der Waals surface area contributed by atoms with Crippen LogP contribution in [0.3, 0.4) is 0 Å². The number of carbonyl (C=O) groups excluding carboxylic acids is 1. The van der Waals surface area contributed by atoms with Crippen LogP contribution < -0.4 is 16.3 Å². The number of likely N-dealkylation sites (N-methyl/N-ethyl adjacent to an activating group) is 1. The third-order valence-electron chi connectivity index (χ3n) is 2.85. The van der Waals surface area contributed by atoms with Crippen molar-refractivity contribution in [3.8, 4) is 0 Å². The average Bonchev–Trinajstić information content (AvgIpc) is 2.75. The molecule has 2 rings (SSSR count). The number of H-pyrrole nitrogens is 2. The van der Waals surface area contributed by atoms with Crippen LogP contribution in [0.5, 0.6) is 0 Å². The van der Waals surface area contributed by atoms with Crippen molar-refractivity contribution in [1.29, 1.82) is 0 Å². The minimum atomic E-state index is -0.203. The number of aromatic amines is 2. The van der Waals surface area contributed by atoms with Crippen molar-refractivity contribution in [1.82, 2.24) is 20.6 Å². The number of nitrogens with one attached hydrogen (secondary N) is 4. The Kier molecular flexibility index (Phi) is 4.35. The highest BCUT2D eigenvalue weighted by molar-refractivity contribution is 5.78. The molecule has 0 aliphatic carbocycles. The molecule has 19 heavy (non-hydrogen) atoms. The van der Waals surface area contributed by atoms with Crippen LogP contribution in [0.2, 0.25) is 0 Å². The highest BCUT2D eigenvalue weighted by Crippen LogP contribution is 2.10. The molecule has 0 unspecified atom stereocenters. The van der Waals surface area contributed by atoms with Crippen LogP contribution in [0.4, 0.5) is 0 Å². The van der Waals surface area contributed by atoms with Crippen LogP contribution >= 0.6 is 0 Å². The van der Waals surface area contributed by atoms with E-state index in [0.717, 1.165) is 29.6 Å². The summed E-state index contributed by atoms with van der Waals surface area (Å²) in [6.45, 7) is 3.68. The second kappa shape index (κ2) is 6.19. The second-order valence-corrected chi connectivity index (χ2v) is 4.34. The molecule has 0 atom stereocenters. The molecule has 6 nitrogen and oxygen atoms in total. The number of imidazole rings is 1. The zero-order valence-corrected chi connectivity index (χ0v) is 10.9. The van der Waals surface area contributed by atoms with E-state index in [2.05, 4.69) is 20.6 Å². The fraction of sp³-hybridized carbons (Fsp3) is 0.385. The molecule has 0 saturated carbocycles. The number of hydrogen-bond acceptors (Lipinski definition) is 3. The van der Waals surface area contributed by atoms with Crippen LogP contribution in [0.25, 0.3) is 11.0 Å². The van der Waals surface area contributed by atoms with Gasteiger partial charge in [0.1, 0.15) is 0 Å². The molecular weight excluding hydrogens is 244 g/mol. The van der Waals surface area contributed by atoms with Gasteiger partial charge in [-0.05, 0) is 30.7 Å². The van der Waals surface area contributed by atoms with Crippen LogP contribution in [-0.2, 0) is 11.2 Å². The third-order valence-corrected chi connectivity index (χ3v) is 2.85. The van der Waals surface area contributed by atoms with Gasteiger partial charge in [0, 0.05) is 6.54 Å². The average molecular weight is 262 g/mol. The molecule has 4 N–H and O–H groups in total. The highest BCUT2D eigenvalue weighted by atomic mass is 16.2. The number of benzene rings is 1. The lowest BCUT2D eigenvalue weighted by Crippen LogP contribution is -2.34. The molecule has 0 saturated heterocycles. The van der Waals surface area contributed by atoms with E-state index in [-0.39, 0.29) is 11.6 Å². The van der Waals surface area contributed by atoms with Gasteiger partial charge in [0.25, 0.3) is 0 Å². The molecule has 102 valence electrons. The smallest absolute Gasteiger partial charge is 0.323 e. The molecular formula is C13H18N4O2. The van der Waals surface area contributed by atoms with Crippen molar-refractivity contribution >= 4 is 16.9 Å². The van der Waals surface area contributed by atoms with Crippen molar-refractivity contribution in [3.05, 3.63) is 34.2 Å². The Balaban J connectivity index is 1.87. The largest absolute Gasteiger partial charge is 0.355 e. The van der Waals surface area contributed by atoms with E-state index in [1.165, 1.54) is 0 Å². The number of carbonyl (C=O) groups is 1. The first-order chi connectivity index (χ1) is 9.19. The van der Waals surface area contributed by atoms with E-state index in [1.54, 1.807) is 0 Å². The number of fused-ring (bicyclic) bond motifs is 1. The molecule has 0 aliphatic heterocycles. The third kappa shape index (κ3) is 3.69. The molecule has 1 aromatic carbocycles. The molecule has 2 aromatic rings. The Hall–Kier alpha value is -2.08. The zero-order valence-electron chi connectivity index (χ0n) is 10.9. The van der Waals surface area contributed by atoms with E-state index in [9.17, 15) is 9.59 Å². The Bertz CT molecular complexity index is 614. The zero-order chi connectivity index (χ0) is 13.7. The van der Waals surface area contributed by atoms with Gasteiger partial charge < -0.3 is 20.6 Å². The molecule has 0 bridgehead atoms. The Morgan fingerprint density at radius 2 is 2.05 bits per heavy atom. The SMILES string of the molecule is CCNCC(=O)NCCc1ccc2[nH]c(=O)[nH]c2c1. The molecule has 6 heteroatoms. The monoisotopic (exact) mass is 262 g/mol. The molecule has 0 aliphatic rings. The topological polar surface area (TPSA) is 89.8 Å². The maximum Gasteiger partial charge on any atom is 0.323 e. The second-order valence-electron chi connectivity index (χ2n) is 4.34. The summed E-state index contributed by atoms with van der Waals surface area (Å²) in [5.74, 6) is -0.00187. The van der Waals surface area contributed by atoms with Crippen LogP contribution in [0.1, 0.15) is 12.5 Å². The van der Waals surface area contributed by atoms with Gasteiger partial charge in [0.05, 0.1) is 17.6 Å². The first-order valence-electron chi connectivity index (χ1n) is 6.37. The standard InChI is InChI=1S/C13H18N4O2/c1-2-14-8-12(18)15-6-5-9-3-4-10-11(7-9)17-13(19)16-10/h3-4,7,14H,2,5-6,8H2,1H3,(H,15,18)(H2,16,17,19). The van der Waals surface area contributed by atoms with Crippen LogP contribution in [0.15, 0.2) is 23.0 Å². The van der Waals surface area contributed by atoms with Gasteiger partial charge in [0.2, 0.25) is 5.91 Å². The fourth-order valence-electron chi connectivity index (χ4n) is 1.88. The quantitative estimate of drug-likeness (QED) is 0.596. The van der Waals surface area contributed by atoms with Crippen molar-refractivity contribution < 1.29 is 4.79 Å². The summed E-state index contributed by atoms with van der Waals surface area (Å²) in [5.41, 5.74) is 2.46. The summed E-state index contributed by atoms with van der Waals surface area (Å²) in [6, 6.07) is 5.73. The first kappa shape index (κ1) is 13.4. The summed E-state index contributed by atoms with van der Waals surface area (Å²) in [6.07, 6.45) is 0.737. The molecule has 0 radical (unpaired) electrons. The van der Waals surface area contributed by atoms with Gasteiger partial charge in [-0.25, -0.2) is 4.79 Å². The van der Waals surface area contributed by atoms with Gasteiger partial charge in [-0.3, -0.25) is 4.79 Å². The van der Waals surface area contributed by atoms with E-state index in [1.807, 2.05) is 25.1 Å². The predicted octanol–water partition coefficient (Wildman–Crippen LogP) is 0.124. The fourth-order valence-corrected chi connectivity index (χ4v) is 1.88. The van der Waals surface area contributed by atoms with Crippen molar-refractivity contribution in [2.75, 3.05) is 19.6 Å². The van der Waals surface area contributed by atoms with Crippen molar-refractivity contribution in [2.24, 2.45) is 0 Å². The van der Waals surface area contributed by atoms with Crippen LogP contribution in [-0.4, -0.2) is 35.5 Å². The first-order valence-corrected chi connectivity index (χ1v) is 6.37. The van der Waals surface area contributed by atoms with E-state index in [4.69, 9.17) is 0 Å². The minimum absolute atomic E-state index is 0.00187. The van der Waals surface area contributed by atoms with Gasteiger partial charge >= 0.3 is 5.69 Å². The van der Waals surface area contributed by atoms with Gasteiger partial charge in [0.15, 0.2) is 0 Å². The van der Waals surface area contributed by atoms with E-state index < -0.39 is 0 Å². The van der Waals surface area contributed by atoms with Crippen molar-refractivity contribution in [3.63, 3.8) is 0 Å². The predicted molar refractivity (Wildman–Crippen MR) is 74.2 cm³/mol. The van der Waals surface area contributed by atoms with Gasteiger partial charge in [-0.1, -0.05) is 13.0 Å². The molecule has 0 fully saturated rings. The summed E-state index contributed by atoms with van der Waals surface area (Å²) < 4.78 is 0. The van der Waals surface area contributed by atoms with Gasteiger partial charge in [-0.15, -0.1) is 0 Å². The molecule has 0 spiro atoms. The number of amides is 1.